The molecule has 0 fully saturated rings. The van der Waals surface area contributed by atoms with E-state index in [9.17, 15) is 0 Å². The van der Waals surface area contributed by atoms with Crippen molar-refractivity contribution < 1.29 is 9.47 Å². The Balaban J connectivity index is 1.64. The van der Waals surface area contributed by atoms with Crippen molar-refractivity contribution >= 4 is 0 Å². The highest BCUT2D eigenvalue weighted by Gasteiger charge is 2.18. The van der Waals surface area contributed by atoms with Gasteiger partial charge in [0.2, 0.25) is 6.79 Å². The molecule has 1 aliphatic rings. The van der Waals surface area contributed by atoms with Gasteiger partial charge in [-0.1, -0.05) is 6.07 Å². The van der Waals surface area contributed by atoms with E-state index in [0.717, 1.165) is 35.0 Å². The molecule has 2 aromatic heterocycles. The highest BCUT2D eigenvalue weighted by molar-refractivity contribution is 5.62. The van der Waals surface area contributed by atoms with Gasteiger partial charge in [-0.25, -0.2) is 4.98 Å². The first-order valence-corrected chi connectivity index (χ1v) is 8.06. The maximum atomic E-state index is 5.48. The van der Waals surface area contributed by atoms with E-state index in [2.05, 4.69) is 34.4 Å². The fourth-order valence-electron chi connectivity index (χ4n) is 3.04. The summed E-state index contributed by atoms with van der Waals surface area (Å²) in [5.41, 5.74) is 3.36. The third-order valence-electron chi connectivity index (χ3n) is 4.38. The number of hydrogen-bond donors (Lipinski definition) is 0. The lowest BCUT2D eigenvalue weighted by atomic mass is 10.1. The highest BCUT2D eigenvalue weighted by atomic mass is 16.7. The largest absolute Gasteiger partial charge is 0.454 e. The van der Waals surface area contributed by atoms with Crippen LogP contribution in [0.2, 0.25) is 0 Å². The Labute approximate surface area is 140 Å². The van der Waals surface area contributed by atoms with E-state index >= 15 is 0 Å². The summed E-state index contributed by atoms with van der Waals surface area (Å²) in [4.78, 5) is 9.05. The molecule has 122 valence electrons. The number of hydrogen-bond acceptors (Lipinski definition) is 4. The summed E-state index contributed by atoms with van der Waals surface area (Å²) in [6.45, 7) is 4.57. The van der Waals surface area contributed by atoms with Gasteiger partial charge in [0.15, 0.2) is 11.5 Å². The summed E-state index contributed by atoms with van der Waals surface area (Å²) in [5.74, 6) is 2.48. The molecule has 1 aliphatic heterocycles. The second-order valence-electron chi connectivity index (χ2n) is 6.05. The molecular formula is C19H19N3O2. The Morgan fingerprint density at radius 3 is 2.88 bits per heavy atom. The van der Waals surface area contributed by atoms with Gasteiger partial charge in [-0.15, -0.1) is 0 Å². The summed E-state index contributed by atoms with van der Waals surface area (Å²) in [6.07, 6.45) is 6.56. The fourth-order valence-corrected chi connectivity index (χ4v) is 3.04. The van der Waals surface area contributed by atoms with Crippen LogP contribution in [0.3, 0.4) is 0 Å². The molecular weight excluding hydrogens is 302 g/mol. The summed E-state index contributed by atoms with van der Waals surface area (Å²) < 4.78 is 13.0. The first-order valence-electron chi connectivity index (χ1n) is 8.06. The quantitative estimate of drug-likeness (QED) is 0.733. The normalized spacial score (nSPS) is 13.9. The number of ether oxygens (including phenoxy) is 2. The molecule has 0 saturated heterocycles. The summed E-state index contributed by atoms with van der Waals surface area (Å²) in [7, 11) is 0. The van der Waals surface area contributed by atoms with E-state index in [-0.39, 0.29) is 12.8 Å². The Morgan fingerprint density at radius 2 is 2.00 bits per heavy atom. The lowest BCUT2D eigenvalue weighted by Crippen LogP contribution is -2.10. The maximum absolute atomic E-state index is 5.48. The van der Waals surface area contributed by atoms with Crippen molar-refractivity contribution in [2.24, 2.45) is 0 Å². The molecule has 1 atom stereocenters. The van der Waals surface area contributed by atoms with Crippen LogP contribution in [-0.4, -0.2) is 21.3 Å². The average molecular weight is 321 g/mol. The van der Waals surface area contributed by atoms with E-state index in [0.29, 0.717) is 0 Å². The van der Waals surface area contributed by atoms with Crippen molar-refractivity contribution in [2.75, 3.05) is 6.79 Å². The Bertz CT molecular complexity index is 873. The van der Waals surface area contributed by atoms with Gasteiger partial charge in [-0.2, -0.15) is 0 Å². The highest BCUT2D eigenvalue weighted by Crippen LogP contribution is 2.36. The number of fused-ring (bicyclic) bond motifs is 1. The first kappa shape index (κ1) is 14.8. The van der Waals surface area contributed by atoms with Crippen LogP contribution in [0.15, 0.2) is 48.9 Å². The van der Waals surface area contributed by atoms with Crippen LogP contribution in [0.1, 0.15) is 24.2 Å². The fraction of sp³-hybridized carbons (Fsp3) is 0.263. The van der Waals surface area contributed by atoms with Gasteiger partial charge in [0, 0.05) is 42.3 Å². The van der Waals surface area contributed by atoms with E-state index in [4.69, 9.17) is 9.47 Å². The number of pyridine rings is 1. The number of imidazole rings is 1. The molecule has 0 saturated carbocycles. The maximum Gasteiger partial charge on any atom is 0.231 e. The molecule has 3 aromatic rings. The molecule has 0 radical (unpaired) electrons. The van der Waals surface area contributed by atoms with Gasteiger partial charge in [0.1, 0.15) is 5.82 Å². The zero-order valence-corrected chi connectivity index (χ0v) is 13.8. The predicted molar refractivity (Wildman–Crippen MR) is 91.2 cm³/mol. The number of benzene rings is 1. The first-order chi connectivity index (χ1) is 11.7. The Hall–Kier alpha value is -2.82. The van der Waals surface area contributed by atoms with E-state index in [1.807, 2.05) is 42.9 Å². The van der Waals surface area contributed by atoms with Crippen molar-refractivity contribution in [3.05, 3.63) is 60.2 Å². The van der Waals surface area contributed by atoms with Crippen LogP contribution in [0.25, 0.3) is 11.4 Å². The summed E-state index contributed by atoms with van der Waals surface area (Å²) >= 11 is 0. The number of aromatic nitrogens is 3. The third kappa shape index (κ3) is 2.62. The Kier molecular flexibility index (Phi) is 3.69. The van der Waals surface area contributed by atoms with Crippen LogP contribution in [-0.2, 0) is 6.42 Å². The second-order valence-corrected chi connectivity index (χ2v) is 6.05. The van der Waals surface area contributed by atoms with Crippen molar-refractivity contribution in [2.45, 2.75) is 26.3 Å². The van der Waals surface area contributed by atoms with Crippen LogP contribution in [0, 0.1) is 6.92 Å². The number of nitrogens with zero attached hydrogens (tertiary/aromatic N) is 3. The summed E-state index contributed by atoms with van der Waals surface area (Å²) in [6, 6.07) is 10.3. The molecule has 0 bridgehead atoms. The lowest BCUT2D eigenvalue weighted by molar-refractivity contribution is 0.174. The van der Waals surface area contributed by atoms with Gasteiger partial charge < -0.3 is 14.0 Å². The molecule has 0 amide bonds. The van der Waals surface area contributed by atoms with Crippen molar-refractivity contribution in [3.63, 3.8) is 0 Å². The van der Waals surface area contributed by atoms with Crippen LogP contribution < -0.4 is 9.47 Å². The van der Waals surface area contributed by atoms with Gasteiger partial charge in [-0.3, -0.25) is 4.98 Å². The lowest BCUT2D eigenvalue weighted by Gasteiger charge is -2.17. The van der Waals surface area contributed by atoms with Crippen LogP contribution >= 0.6 is 0 Å². The predicted octanol–water partition coefficient (Wildman–Crippen LogP) is 3.79. The Morgan fingerprint density at radius 1 is 1.12 bits per heavy atom. The molecule has 5 heteroatoms. The minimum atomic E-state index is 0.251. The standard InChI is InChI=1S/C19H19N3O2/c1-13-4-3-7-20-16(13)10-14(2)22-9-8-21-19(22)15-5-6-17-18(11-15)24-12-23-17/h3-9,11,14H,10,12H2,1-2H3. The minimum absolute atomic E-state index is 0.251. The zero-order chi connectivity index (χ0) is 16.5. The van der Waals surface area contributed by atoms with E-state index in [1.165, 1.54) is 5.56 Å². The molecule has 0 aliphatic carbocycles. The van der Waals surface area contributed by atoms with Gasteiger partial charge in [0.25, 0.3) is 0 Å². The van der Waals surface area contributed by atoms with Crippen LogP contribution in [0.5, 0.6) is 11.5 Å². The van der Waals surface area contributed by atoms with Crippen molar-refractivity contribution in [3.8, 4) is 22.9 Å². The van der Waals surface area contributed by atoms with E-state index in [1.54, 1.807) is 0 Å². The average Bonchev–Trinajstić information content (AvgIpc) is 3.25. The SMILES string of the molecule is Cc1cccnc1CC(C)n1ccnc1-c1ccc2c(c1)OCO2. The van der Waals surface area contributed by atoms with Crippen molar-refractivity contribution in [1.82, 2.24) is 14.5 Å². The number of aryl methyl sites for hydroxylation is 1. The molecule has 24 heavy (non-hydrogen) atoms. The minimum Gasteiger partial charge on any atom is -0.454 e. The number of rotatable bonds is 4. The molecule has 0 N–H and O–H groups in total. The van der Waals surface area contributed by atoms with Crippen molar-refractivity contribution in [1.29, 1.82) is 0 Å². The smallest absolute Gasteiger partial charge is 0.231 e. The van der Waals surface area contributed by atoms with E-state index < -0.39 is 0 Å². The molecule has 1 aromatic carbocycles. The second kappa shape index (κ2) is 6.00. The molecule has 0 spiro atoms. The molecule has 3 heterocycles. The molecule has 5 nitrogen and oxygen atoms in total. The van der Waals surface area contributed by atoms with Gasteiger partial charge >= 0.3 is 0 Å². The molecule has 4 rings (SSSR count). The van der Waals surface area contributed by atoms with Gasteiger partial charge in [-0.05, 0) is 43.7 Å². The van der Waals surface area contributed by atoms with Gasteiger partial charge in [0.05, 0.1) is 0 Å². The zero-order valence-electron chi connectivity index (χ0n) is 13.8. The topological polar surface area (TPSA) is 49.2 Å². The summed E-state index contributed by atoms with van der Waals surface area (Å²) in [5, 5.41) is 0. The third-order valence-corrected chi connectivity index (χ3v) is 4.38. The van der Waals surface area contributed by atoms with Crippen LogP contribution in [0.4, 0.5) is 0 Å². The monoisotopic (exact) mass is 321 g/mol. The molecule has 1 unspecified atom stereocenters.